The lowest BCUT2D eigenvalue weighted by atomic mass is 9.82. The molecule has 0 aromatic carbocycles. The Labute approximate surface area is 79.5 Å². The number of carboxylic acid groups (broad SMARTS) is 1. The second-order valence-electron chi connectivity index (χ2n) is 3.87. The lowest BCUT2D eigenvalue weighted by Crippen LogP contribution is -2.34. The van der Waals surface area contributed by atoms with Crippen LogP contribution in [0.15, 0.2) is 0 Å². The van der Waals surface area contributed by atoms with Crippen LogP contribution in [0.2, 0.25) is 0 Å². The van der Waals surface area contributed by atoms with Crippen molar-refractivity contribution in [2.45, 2.75) is 32.6 Å². The molecule has 1 aliphatic heterocycles. The Hall–Kier alpha value is -0.570. The zero-order valence-corrected chi connectivity index (χ0v) is 8.25. The van der Waals surface area contributed by atoms with Crippen molar-refractivity contribution in [1.82, 2.24) is 5.32 Å². The standard InChI is InChI=1S/C10H19NO2/c1-2-8(6-10(12)13)9-4-3-5-11-7-9/h8-9,11H,2-7H2,1H3,(H,12,13)/t8-,9+/m1/s1. The van der Waals surface area contributed by atoms with Crippen LogP contribution in [0.5, 0.6) is 0 Å². The molecule has 1 aliphatic rings. The number of aliphatic carboxylic acids is 1. The van der Waals surface area contributed by atoms with Gasteiger partial charge in [-0.15, -0.1) is 0 Å². The lowest BCUT2D eigenvalue weighted by Gasteiger charge is -2.29. The van der Waals surface area contributed by atoms with E-state index in [0.29, 0.717) is 18.3 Å². The Morgan fingerprint density at radius 2 is 2.46 bits per heavy atom. The van der Waals surface area contributed by atoms with Crippen LogP contribution in [0, 0.1) is 11.8 Å². The number of nitrogens with one attached hydrogen (secondary N) is 1. The van der Waals surface area contributed by atoms with Crippen LogP contribution in [0.4, 0.5) is 0 Å². The van der Waals surface area contributed by atoms with E-state index in [1.165, 1.54) is 12.8 Å². The van der Waals surface area contributed by atoms with E-state index in [0.717, 1.165) is 19.5 Å². The van der Waals surface area contributed by atoms with E-state index in [4.69, 9.17) is 5.11 Å². The van der Waals surface area contributed by atoms with Gasteiger partial charge in [-0.2, -0.15) is 0 Å². The maximum Gasteiger partial charge on any atom is 0.303 e. The van der Waals surface area contributed by atoms with Gasteiger partial charge in [-0.25, -0.2) is 0 Å². The fourth-order valence-electron chi connectivity index (χ4n) is 2.15. The molecule has 1 rings (SSSR count). The number of carboxylic acids is 1. The summed E-state index contributed by atoms with van der Waals surface area (Å²) in [7, 11) is 0. The highest BCUT2D eigenvalue weighted by Crippen LogP contribution is 2.25. The second kappa shape index (κ2) is 5.22. The molecular weight excluding hydrogens is 166 g/mol. The van der Waals surface area contributed by atoms with E-state index in [2.05, 4.69) is 12.2 Å². The summed E-state index contributed by atoms with van der Waals surface area (Å²) >= 11 is 0. The van der Waals surface area contributed by atoms with Crippen LogP contribution in [0.1, 0.15) is 32.6 Å². The summed E-state index contributed by atoms with van der Waals surface area (Å²) in [4.78, 5) is 10.6. The summed E-state index contributed by atoms with van der Waals surface area (Å²) in [5.74, 6) is 0.289. The molecule has 1 saturated heterocycles. The molecule has 0 radical (unpaired) electrons. The first kappa shape index (κ1) is 10.5. The molecule has 0 spiro atoms. The van der Waals surface area contributed by atoms with Crippen molar-refractivity contribution >= 4 is 5.97 Å². The van der Waals surface area contributed by atoms with E-state index in [9.17, 15) is 4.79 Å². The van der Waals surface area contributed by atoms with Gasteiger partial charge in [0, 0.05) is 6.42 Å². The van der Waals surface area contributed by atoms with Crippen molar-refractivity contribution in [3.63, 3.8) is 0 Å². The van der Waals surface area contributed by atoms with Crippen LogP contribution in [0.25, 0.3) is 0 Å². The molecule has 0 saturated carbocycles. The first-order valence-electron chi connectivity index (χ1n) is 5.16. The van der Waals surface area contributed by atoms with Crippen LogP contribution in [-0.4, -0.2) is 24.2 Å². The van der Waals surface area contributed by atoms with E-state index in [1.807, 2.05) is 0 Å². The van der Waals surface area contributed by atoms with Gasteiger partial charge < -0.3 is 10.4 Å². The van der Waals surface area contributed by atoms with Gasteiger partial charge in [-0.1, -0.05) is 13.3 Å². The van der Waals surface area contributed by atoms with Gasteiger partial charge in [0.05, 0.1) is 0 Å². The maximum absolute atomic E-state index is 10.6. The number of carbonyl (C=O) groups is 1. The van der Waals surface area contributed by atoms with Gasteiger partial charge in [0.25, 0.3) is 0 Å². The molecule has 0 aromatic heterocycles. The van der Waals surface area contributed by atoms with Crippen LogP contribution >= 0.6 is 0 Å². The lowest BCUT2D eigenvalue weighted by molar-refractivity contribution is -0.138. The minimum absolute atomic E-state index is 0.336. The highest BCUT2D eigenvalue weighted by molar-refractivity contribution is 5.67. The Morgan fingerprint density at radius 1 is 1.69 bits per heavy atom. The fraction of sp³-hybridized carbons (Fsp3) is 0.900. The second-order valence-corrected chi connectivity index (χ2v) is 3.87. The maximum atomic E-state index is 10.6. The third kappa shape index (κ3) is 3.35. The molecule has 0 aliphatic carbocycles. The molecule has 3 nitrogen and oxygen atoms in total. The smallest absolute Gasteiger partial charge is 0.303 e. The molecule has 1 heterocycles. The Bertz CT molecular complexity index is 164. The molecule has 76 valence electrons. The molecule has 13 heavy (non-hydrogen) atoms. The Kier molecular flexibility index (Phi) is 4.22. The average molecular weight is 185 g/mol. The summed E-state index contributed by atoms with van der Waals surface area (Å²) < 4.78 is 0. The SMILES string of the molecule is CC[C@H](CC(=O)O)[C@H]1CCCNC1. The molecule has 2 atom stereocenters. The van der Waals surface area contributed by atoms with Gasteiger partial charge >= 0.3 is 5.97 Å². The van der Waals surface area contributed by atoms with E-state index in [1.54, 1.807) is 0 Å². The van der Waals surface area contributed by atoms with Crippen LogP contribution in [-0.2, 0) is 4.79 Å². The third-order valence-electron chi connectivity index (χ3n) is 2.96. The van der Waals surface area contributed by atoms with Crippen molar-refractivity contribution in [2.24, 2.45) is 11.8 Å². The first-order chi connectivity index (χ1) is 6.24. The molecule has 0 unspecified atom stereocenters. The van der Waals surface area contributed by atoms with Gasteiger partial charge in [-0.05, 0) is 37.8 Å². The highest BCUT2D eigenvalue weighted by Gasteiger charge is 2.23. The molecule has 3 heteroatoms. The molecule has 1 fully saturated rings. The molecular formula is C10H19NO2. The molecule has 0 bridgehead atoms. The third-order valence-corrected chi connectivity index (χ3v) is 2.96. The zero-order valence-electron chi connectivity index (χ0n) is 8.25. The Balaban J connectivity index is 2.39. The number of rotatable bonds is 4. The van der Waals surface area contributed by atoms with E-state index < -0.39 is 5.97 Å². The molecule has 0 aromatic rings. The van der Waals surface area contributed by atoms with Crippen LogP contribution < -0.4 is 5.32 Å². The van der Waals surface area contributed by atoms with Crippen molar-refractivity contribution in [3.05, 3.63) is 0 Å². The predicted molar refractivity (Wildman–Crippen MR) is 51.6 cm³/mol. The molecule has 2 N–H and O–H groups in total. The van der Waals surface area contributed by atoms with Gasteiger partial charge in [0.15, 0.2) is 0 Å². The minimum Gasteiger partial charge on any atom is -0.481 e. The largest absolute Gasteiger partial charge is 0.481 e. The average Bonchev–Trinajstić information content (AvgIpc) is 2.15. The van der Waals surface area contributed by atoms with E-state index in [-0.39, 0.29) is 0 Å². The normalized spacial score (nSPS) is 25.5. The summed E-state index contributed by atoms with van der Waals surface area (Å²) in [6, 6.07) is 0. The highest BCUT2D eigenvalue weighted by atomic mass is 16.4. The van der Waals surface area contributed by atoms with Crippen molar-refractivity contribution < 1.29 is 9.90 Å². The van der Waals surface area contributed by atoms with Gasteiger partial charge in [0.2, 0.25) is 0 Å². The van der Waals surface area contributed by atoms with E-state index >= 15 is 0 Å². The minimum atomic E-state index is -0.655. The fourth-order valence-corrected chi connectivity index (χ4v) is 2.15. The monoisotopic (exact) mass is 185 g/mol. The van der Waals surface area contributed by atoms with Gasteiger partial charge in [0.1, 0.15) is 0 Å². The first-order valence-corrected chi connectivity index (χ1v) is 5.16. The summed E-state index contributed by atoms with van der Waals surface area (Å²) in [5, 5.41) is 12.1. The summed E-state index contributed by atoms with van der Waals surface area (Å²) in [6.45, 7) is 4.19. The number of piperidine rings is 1. The zero-order chi connectivity index (χ0) is 9.68. The van der Waals surface area contributed by atoms with Gasteiger partial charge in [-0.3, -0.25) is 4.79 Å². The van der Waals surface area contributed by atoms with Crippen molar-refractivity contribution in [2.75, 3.05) is 13.1 Å². The van der Waals surface area contributed by atoms with Crippen LogP contribution in [0.3, 0.4) is 0 Å². The number of hydrogen-bond acceptors (Lipinski definition) is 2. The predicted octanol–water partition coefficient (Wildman–Crippen LogP) is 1.49. The molecule has 0 amide bonds. The van der Waals surface area contributed by atoms with Crippen molar-refractivity contribution in [3.8, 4) is 0 Å². The summed E-state index contributed by atoms with van der Waals surface area (Å²) in [6.07, 6.45) is 3.71. The number of hydrogen-bond donors (Lipinski definition) is 2. The Morgan fingerprint density at radius 3 is 2.92 bits per heavy atom. The van der Waals surface area contributed by atoms with Crippen molar-refractivity contribution in [1.29, 1.82) is 0 Å². The topological polar surface area (TPSA) is 49.3 Å². The quantitative estimate of drug-likeness (QED) is 0.697. The summed E-state index contributed by atoms with van der Waals surface area (Å²) in [5.41, 5.74) is 0.